The molecule has 0 aliphatic heterocycles. The highest BCUT2D eigenvalue weighted by molar-refractivity contribution is 5.82. The minimum atomic E-state index is -4.32. The Morgan fingerprint density at radius 2 is 1.26 bits per heavy atom. The summed E-state index contributed by atoms with van der Waals surface area (Å²) in [7, 11) is 0. The van der Waals surface area contributed by atoms with Crippen LogP contribution in [-0.4, -0.2) is 12.4 Å². The zero-order valence-electron chi connectivity index (χ0n) is 15.5. The quantitative estimate of drug-likeness (QED) is 0.266. The molecule has 144 valence electrons. The van der Waals surface area contributed by atoms with Crippen LogP contribution in [0, 0.1) is 0 Å². The largest absolute Gasteiger partial charge is 0.416 e. The summed E-state index contributed by atoms with van der Waals surface area (Å²) in [6, 6.07) is 13.0. The Kier molecular flexibility index (Phi) is 8.24. The van der Waals surface area contributed by atoms with Gasteiger partial charge in [-0.1, -0.05) is 69.0 Å². The van der Waals surface area contributed by atoms with Gasteiger partial charge < -0.3 is 0 Å². The van der Waals surface area contributed by atoms with Crippen LogP contribution in [0.3, 0.4) is 0 Å². The molecule has 5 heteroatoms. The number of rotatable bonds is 9. The first-order valence-corrected chi connectivity index (χ1v) is 9.31. The van der Waals surface area contributed by atoms with Crippen molar-refractivity contribution in [2.24, 2.45) is 10.2 Å². The van der Waals surface area contributed by atoms with Gasteiger partial charge >= 0.3 is 6.18 Å². The van der Waals surface area contributed by atoms with Gasteiger partial charge in [0.1, 0.15) is 0 Å². The van der Waals surface area contributed by atoms with Crippen molar-refractivity contribution < 1.29 is 13.2 Å². The van der Waals surface area contributed by atoms with Crippen molar-refractivity contribution in [3.05, 3.63) is 70.8 Å². The average Bonchev–Trinajstić information content (AvgIpc) is 2.66. The SMILES string of the molecule is CCCCCCCc1ccc(C=NN=Cc2ccc(C(F)(F)F)cc2)cc1. The molecule has 0 amide bonds. The van der Waals surface area contributed by atoms with Crippen molar-refractivity contribution in [3.8, 4) is 0 Å². The van der Waals surface area contributed by atoms with Crippen molar-refractivity contribution in [1.82, 2.24) is 0 Å². The van der Waals surface area contributed by atoms with E-state index in [-0.39, 0.29) is 0 Å². The van der Waals surface area contributed by atoms with E-state index in [1.165, 1.54) is 56.0 Å². The molecule has 0 fully saturated rings. The maximum absolute atomic E-state index is 12.5. The third-order valence-electron chi connectivity index (χ3n) is 4.27. The fraction of sp³-hybridized carbons (Fsp3) is 0.364. The zero-order chi connectivity index (χ0) is 19.5. The molecule has 0 aliphatic carbocycles. The van der Waals surface area contributed by atoms with Gasteiger partial charge in [0.15, 0.2) is 0 Å². The van der Waals surface area contributed by atoms with Crippen LogP contribution in [0.15, 0.2) is 58.7 Å². The molecule has 0 bridgehead atoms. The number of nitrogens with zero attached hydrogens (tertiary/aromatic N) is 2. The summed E-state index contributed by atoms with van der Waals surface area (Å²) < 4.78 is 37.5. The Labute approximate surface area is 158 Å². The zero-order valence-corrected chi connectivity index (χ0v) is 15.5. The van der Waals surface area contributed by atoms with Crippen LogP contribution in [0.4, 0.5) is 13.2 Å². The number of benzene rings is 2. The summed E-state index contributed by atoms with van der Waals surface area (Å²) in [5, 5.41) is 7.85. The van der Waals surface area contributed by atoms with Crippen LogP contribution >= 0.6 is 0 Å². The molecule has 2 nitrogen and oxygen atoms in total. The summed E-state index contributed by atoms with van der Waals surface area (Å²) in [4.78, 5) is 0. The summed E-state index contributed by atoms with van der Waals surface area (Å²) in [6.07, 6.45) is 6.19. The monoisotopic (exact) mass is 374 g/mol. The molecule has 0 saturated carbocycles. The van der Waals surface area contributed by atoms with E-state index < -0.39 is 11.7 Å². The lowest BCUT2D eigenvalue weighted by atomic mass is 10.0. The Morgan fingerprint density at radius 1 is 0.741 bits per heavy atom. The first kappa shape index (κ1) is 20.9. The molecule has 0 aliphatic rings. The van der Waals surface area contributed by atoms with Crippen molar-refractivity contribution in [3.63, 3.8) is 0 Å². The second-order valence-corrected chi connectivity index (χ2v) is 6.51. The van der Waals surface area contributed by atoms with E-state index in [0.29, 0.717) is 5.56 Å². The topological polar surface area (TPSA) is 24.7 Å². The fourth-order valence-corrected chi connectivity index (χ4v) is 2.66. The predicted octanol–water partition coefficient (Wildman–Crippen LogP) is 6.67. The Hall–Kier alpha value is -2.43. The van der Waals surface area contributed by atoms with Crippen LogP contribution < -0.4 is 0 Å². The van der Waals surface area contributed by atoms with Gasteiger partial charge in [0.25, 0.3) is 0 Å². The maximum atomic E-state index is 12.5. The minimum absolute atomic E-state index is 0.568. The van der Waals surface area contributed by atoms with Crippen LogP contribution in [0.2, 0.25) is 0 Å². The standard InChI is InChI=1S/C22H25F3N2/c1-2-3-4-5-6-7-18-8-10-19(11-9-18)16-26-27-17-20-12-14-21(15-13-20)22(23,24)25/h8-17H,2-7H2,1H3. The molecule has 0 saturated heterocycles. The van der Waals surface area contributed by atoms with E-state index in [0.717, 1.165) is 24.1 Å². The van der Waals surface area contributed by atoms with Crippen LogP contribution in [-0.2, 0) is 12.6 Å². The molecule has 0 N–H and O–H groups in total. The highest BCUT2D eigenvalue weighted by Gasteiger charge is 2.29. The lowest BCUT2D eigenvalue weighted by Gasteiger charge is -2.05. The second kappa shape index (κ2) is 10.7. The average molecular weight is 374 g/mol. The number of unbranched alkanes of at least 4 members (excludes halogenated alkanes) is 4. The Bertz CT molecular complexity index is 730. The molecule has 0 radical (unpaired) electrons. The Morgan fingerprint density at radius 3 is 1.78 bits per heavy atom. The molecule has 0 unspecified atom stereocenters. The number of hydrogen-bond donors (Lipinski definition) is 0. The van der Waals surface area contributed by atoms with Crippen LogP contribution in [0.25, 0.3) is 0 Å². The fourth-order valence-electron chi connectivity index (χ4n) is 2.66. The molecular weight excluding hydrogens is 349 g/mol. The number of alkyl halides is 3. The summed E-state index contributed by atoms with van der Waals surface area (Å²) in [6.45, 7) is 2.22. The molecule has 0 heterocycles. The van der Waals surface area contributed by atoms with E-state index in [2.05, 4.69) is 29.3 Å². The van der Waals surface area contributed by atoms with Gasteiger partial charge in [0, 0.05) is 0 Å². The molecular formula is C22H25F3N2. The smallest absolute Gasteiger partial charge is 0.166 e. The second-order valence-electron chi connectivity index (χ2n) is 6.51. The minimum Gasteiger partial charge on any atom is -0.166 e. The molecule has 2 aromatic carbocycles. The van der Waals surface area contributed by atoms with E-state index in [1.807, 2.05) is 12.1 Å². The van der Waals surface area contributed by atoms with Crippen molar-refractivity contribution in [1.29, 1.82) is 0 Å². The first-order chi connectivity index (χ1) is 13.0. The molecule has 0 atom stereocenters. The first-order valence-electron chi connectivity index (χ1n) is 9.31. The highest BCUT2D eigenvalue weighted by Crippen LogP contribution is 2.28. The van der Waals surface area contributed by atoms with E-state index in [9.17, 15) is 13.2 Å². The third kappa shape index (κ3) is 7.77. The van der Waals surface area contributed by atoms with E-state index in [4.69, 9.17) is 0 Å². The van der Waals surface area contributed by atoms with Crippen LogP contribution in [0.5, 0.6) is 0 Å². The molecule has 0 aromatic heterocycles. The van der Waals surface area contributed by atoms with Gasteiger partial charge in [-0.15, -0.1) is 0 Å². The Balaban J connectivity index is 1.81. The molecule has 0 spiro atoms. The summed E-state index contributed by atoms with van der Waals surface area (Å²) in [5.74, 6) is 0. The summed E-state index contributed by atoms with van der Waals surface area (Å²) in [5.41, 5.74) is 2.15. The predicted molar refractivity (Wildman–Crippen MR) is 106 cm³/mol. The van der Waals surface area contributed by atoms with Gasteiger partial charge in [-0.25, -0.2) is 0 Å². The number of aryl methyl sites for hydroxylation is 1. The van der Waals surface area contributed by atoms with Crippen LogP contribution in [0.1, 0.15) is 61.3 Å². The van der Waals surface area contributed by atoms with Gasteiger partial charge in [-0.05, 0) is 41.7 Å². The lowest BCUT2D eigenvalue weighted by Crippen LogP contribution is -2.04. The third-order valence-corrected chi connectivity index (χ3v) is 4.27. The van der Waals surface area contributed by atoms with Gasteiger partial charge in [0.2, 0.25) is 0 Å². The normalized spacial score (nSPS) is 12.3. The number of halogens is 3. The lowest BCUT2D eigenvalue weighted by molar-refractivity contribution is -0.137. The van der Waals surface area contributed by atoms with Gasteiger partial charge in [-0.2, -0.15) is 23.4 Å². The molecule has 27 heavy (non-hydrogen) atoms. The number of hydrogen-bond acceptors (Lipinski definition) is 2. The van der Waals surface area contributed by atoms with Crippen molar-refractivity contribution >= 4 is 12.4 Å². The highest BCUT2D eigenvalue weighted by atomic mass is 19.4. The van der Waals surface area contributed by atoms with E-state index in [1.54, 1.807) is 6.21 Å². The van der Waals surface area contributed by atoms with Gasteiger partial charge in [-0.3, -0.25) is 0 Å². The van der Waals surface area contributed by atoms with Gasteiger partial charge in [0.05, 0.1) is 18.0 Å². The van der Waals surface area contributed by atoms with Crippen molar-refractivity contribution in [2.45, 2.75) is 51.6 Å². The van der Waals surface area contributed by atoms with E-state index >= 15 is 0 Å². The van der Waals surface area contributed by atoms with Crippen molar-refractivity contribution in [2.75, 3.05) is 0 Å². The molecule has 2 aromatic rings. The maximum Gasteiger partial charge on any atom is 0.416 e. The summed E-state index contributed by atoms with van der Waals surface area (Å²) >= 11 is 0. The molecule has 2 rings (SSSR count).